The summed E-state index contributed by atoms with van der Waals surface area (Å²) in [5.41, 5.74) is 1.12. The van der Waals surface area contributed by atoms with Gasteiger partial charge in [0.05, 0.1) is 6.42 Å². The van der Waals surface area contributed by atoms with Gasteiger partial charge in [-0.2, -0.15) is 0 Å². The first-order valence-corrected chi connectivity index (χ1v) is 7.83. The van der Waals surface area contributed by atoms with Crippen LogP contribution in [0.15, 0.2) is 30.3 Å². The molecule has 0 radical (unpaired) electrons. The Balaban J connectivity index is 1.91. The topological polar surface area (TPSA) is 20.3 Å². The zero-order valence-corrected chi connectivity index (χ0v) is 12.2. The molecule has 1 aliphatic rings. The highest BCUT2D eigenvalue weighted by Crippen LogP contribution is 2.22. The molecule has 1 amide bonds. The average Bonchev–Trinajstić information content (AvgIpc) is 2.86. The van der Waals surface area contributed by atoms with Crippen molar-refractivity contribution in [2.75, 3.05) is 11.9 Å². The van der Waals surface area contributed by atoms with Crippen molar-refractivity contribution >= 4 is 21.8 Å². The second kappa shape index (κ2) is 6.93. The molecule has 1 fully saturated rings. The van der Waals surface area contributed by atoms with Gasteiger partial charge >= 0.3 is 0 Å². The number of carbonyl (C=O) groups excluding carboxylic acids is 1. The molecule has 2 nitrogen and oxygen atoms in total. The van der Waals surface area contributed by atoms with E-state index in [-0.39, 0.29) is 0 Å². The molecule has 98 valence electrons. The Labute approximate surface area is 117 Å². The molecule has 1 unspecified atom stereocenters. The molecule has 1 aromatic rings. The summed E-state index contributed by atoms with van der Waals surface area (Å²) >= 11 is 3.46. The lowest BCUT2D eigenvalue weighted by Gasteiger charge is -2.24. The Kier molecular flexibility index (Phi) is 5.24. The number of carbonyl (C=O) groups is 1. The molecule has 0 bridgehead atoms. The molecule has 0 saturated carbocycles. The average molecular weight is 310 g/mol. The summed E-state index contributed by atoms with van der Waals surface area (Å²) in [6.45, 7) is 0.943. The molecule has 0 aliphatic carbocycles. The standard InChI is InChI=1S/C15H20BrNO/c16-10-4-8-14-9-5-11-17(14)15(18)12-13-6-2-1-3-7-13/h1-3,6-7,14H,4-5,8-12H2. The summed E-state index contributed by atoms with van der Waals surface area (Å²) in [5, 5.41) is 1.03. The van der Waals surface area contributed by atoms with Gasteiger partial charge in [-0.1, -0.05) is 46.3 Å². The second-order valence-electron chi connectivity index (χ2n) is 4.88. The first kappa shape index (κ1) is 13.6. The monoisotopic (exact) mass is 309 g/mol. The fourth-order valence-corrected chi connectivity index (χ4v) is 2.97. The molecule has 0 aromatic heterocycles. The highest BCUT2D eigenvalue weighted by atomic mass is 79.9. The molecule has 3 heteroatoms. The van der Waals surface area contributed by atoms with E-state index in [4.69, 9.17) is 0 Å². The first-order valence-electron chi connectivity index (χ1n) is 6.70. The lowest BCUT2D eigenvalue weighted by Crippen LogP contribution is -2.36. The van der Waals surface area contributed by atoms with Gasteiger partial charge in [0.25, 0.3) is 0 Å². The predicted molar refractivity (Wildman–Crippen MR) is 77.9 cm³/mol. The van der Waals surface area contributed by atoms with Crippen LogP contribution in [-0.2, 0) is 11.2 Å². The van der Waals surface area contributed by atoms with Crippen LogP contribution < -0.4 is 0 Å². The molecule has 0 spiro atoms. The van der Waals surface area contributed by atoms with Gasteiger partial charge in [-0.25, -0.2) is 0 Å². The normalized spacial score (nSPS) is 19.2. The fourth-order valence-electron chi connectivity index (χ4n) is 2.65. The number of hydrogen-bond donors (Lipinski definition) is 0. The van der Waals surface area contributed by atoms with Gasteiger partial charge < -0.3 is 4.90 Å². The van der Waals surface area contributed by atoms with E-state index in [1.165, 1.54) is 6.42 Å². The molecule has 1 saturated heterocycles. The quantitative estimate of drug-likeness (QED) is 0.763. The van der Waals surface area contributed by atoms with Crippen LogP contribution in [0.4, 0.5) is 0 Å². The van der Waals surface area contributed by atoms with Gasteiger partial charge in [-0.3, -0.25) is 4.79 Å². The van der Waals surface area contributed by atoms with Gasteiger partial charge in [-0.05, 0) is 31.2 Å². The number of rotatable bonds is 5. The number of alkyl halides is 1. The van der Waals surface area contributed by atoms with E-state index >= 15 is 0 Å². The van der Waals surface area contributed by atoms with E-state index in [0.717, 1.165) is 36.7 Å². The summed E-state index contributed by atoms with van der Waals surface area (Å²) in [4.78, 5) is 14.4. The maximum Gasteiger partial charge on any atom is 0.227 e. The number of amides is 1. The molecule has 1 heterocycles. The van der Waals surface area contributed by atoms with Gasteiger partial charge in [-0.15, -0.1) is 0 Å². The van der Waals surface area contributed by atoms with Crippen LogP contribution in [0.2, 0.25) is 0 Å². The van der Waals surface area contributed by atoms with Crippen LogP contribution in [-0.4, -0.2) is 28.7 Å². The Morgan fingerprint density at radius 3 is 2.83 bits per heavy atom. The van der Waals surface area contributed by atoms with Crippen LogP contribution in [0.25, 0.3) is 0 Å². The van der Waals surface area contributed by atoms with Crippen molar-refractivity contribution in [3.8, 4) is 0 Å². The number of likely N-dealkylation sites (tertiary alicyclic amines) is 1. The number of benzene rings is 1. The molecule has 1 atom stereocenters. The van der Waals surface area contributed by atoms with Crippen molar-refractivity contribution in [1.82, 2.24) is 4.90 Å². The third kappa shape index (κ3) is 3.58. The second-order valence-corrected chi connectivity index (χ2v) is 5.67. The summed E-state index contributed by atoms with van der Waals surface area (Å²) in [5.74, 6) is 0.290. The van der Waals surface area contributed by atoms with Gasteiger partial charge in [0.1, 0.15) is 0 Å². The van der Waals surface area contributed by atoms with Crippen LogP contribution in [0.1, 0.15) is 31.2 Å². The van der Waals surface area contributed by atoms with Crippen molar-refractivity contribution in [2.24, 2.45) is 0 Å². The van der Waals surface area contributed by atoms with Crippen molar-refractivity contribution in [1.29, 1.82) is 0 Å². The molecule has 18 heavy (non-hydrogen) atoms. The first-order chi connectivity index (χ1) is 8.81. The summed E-state index contributed by atoms with van der Waals surface area (Å²) < 4.78 is 0. The van der Waals surface area contributed by atoms with Crippen LogP contribution in [0, 0.1) is 0 Å². The summed E-state index contributed by atoms with van der Waals surface area (Å²) in [6, 6.07) is 10.5. The Bertz CT molecular complexity index is 379. The third-order valence-corrected chi connectivity index (χ3v) is 4.13. The SMILES string of the molecule is O=C(Cc1ccccc1)N1CCCC1CCCBr. The number of halogens is 1. The summed E-state index contributed by atoms with van der Waals surface area (Å²) in [6.07, 6.45) is 5.16. The van der Waals surface area contributed by atoms with Crippen molar-refractivity contribution in [2.45, 2.75) is 38.1 Å². The zero-order chi connectivity index (χ0) is 12.8. The van der Waals surface area contributed by atoms with E-state index < -0.39 is 0 Å². The van der Waals surface area contributed by atoms with Gasteiger partial charge in [0.15, 0.2) is 0 Å². The molecular formula is C15H20BrNO. The highest BCUT2D eigenvalue weighted by molar-refractivity contribution is 9.09. The minimum atomic E-state index is 0.290. The van der Waals surface area contributed by atoms with Crippen molar-refractivity contribution in [3.63, 3.8) is 0 Å². The predicted octanol–water partition coefficient (Wildman–Crippen LogP) is 3.40. The Morgan fingerprint density at radius 1 is 1.33 bits per heavy atom. The van der Waals surface area contributed by atoms with Crippen molar-refractivity contribution < 1.29 is 4.79 Å². The van der Waals surface area contributed by atoms with Gasteiger partial charge in [0.2, 0.25) is 5.91 Å². The lowest BCUT2D eigenvalue weighted by atomic mass is 10.1. The number of nitrogens with zero attached hydrogens (tertiary/aromatic N) is 1. The molecule has 0 N–H and O–H groups in total. The Hall–Kier alpha value is -0.830. The van der Waals surface area contributed by atoms with Crippen LogP contribution in [0.3, 0.4) is 0 Å². The van der Waals surface area contributed by atoms with Crippen LogP contribution >= 0.6 is 15.9 Å². The maximum atomic E-state index is 12.3. The highest BCUT2D eigenvalue weighted by Gasteiger charge is 2.27. The van der Waals surface area contributed by atoms with E-state index in [0.29, 0.717) is 18.4 Å². The van der Waals surface area contributed by atoms with Crippen molar-refractivity contribution in [3.05, 3.63) is 35.9 Å². The largest absolute Gasteiger partial charge is 0.339 e. The molecule has 1 aliphatic heterocycles. The number of hydrogen-bond acceptors (Lipinski definition) is 1. The van der Waals surface area contributed by atoms with E-state index in [1.807, 2.05) is 30.3 Å². The van der Waals surface area contributed by atoms with E-state index in [2.05, 4.69) is 20.8 Å². The molecule has 1 aromatic carbocycles. The maximum absolute atomic E-state index is 12.3. The van der Waals surface area contributed by atoms with Gasteiger partial charge in [0, 0.05) is 17.9 Å². The fraction of sp³-hybridized carbons (Fsp3) is 0.533. The molecule has 2 rings (SSSR count). The molecular weight excluding hydrogens is 290 g/mol. The summed E-state index contributed by atoms with van der Waals surface area (Å²) in [7, 11) is 0. The van der Waals surface area contributed by atoms with E-state index in [9.17, 15) is 4.79 Å². The smallest absolute Gasteiger partial charge is 0.227 e. The lowest BCUT2D eigenvalue weighted by molar-refractivity contribution is -0.131. The third-order valence-electron chi connectivity index (χ3n) is 3.57. The minimum Gasteiger partial charge on any atom is -0.339 e. The minimum absolute atomic E-state index is 0.290. The van der Waals surface area contributed by atoms with Crippen LogP contribution in [0.5, 0.6) is 0 Å². The zero-order valence-electron chi connectivity index (χ0n) is 10.6. The van der Waals surface area contributed by atoms with E-state index in [1.54, 1.807) is 0 Å². The Morgan fingerprint density at radius 2 is 2.11 bits per heavy atom.